The zero-order valence-corrected chi connectivity index (χ0v) is 17.4. The summed E-state index contributed by atoms with van der Waals surface area (Å²) >= 11 is 6.03. The summed E-state index contributed by atoms with van der Waals surface area (Å²) in [5.41, 5.74) is 1.36. The van der Waals surface area contributed by atoms with E-state index in [4.69, 9.17) is 21.1 Å². The van der Waals surface area contributed by atoms with Crippen molar-refractivity contribution in [1.29, 1.82) is 0 Å². The van der Waals surface area contributed by atoms with Crippen LogP contribution in [0.25, 0.3) is 0 Å². The average Bonchev–Trinajstić information content (AvgIpc) is 3.14. The fourth-order valence-electron chi connectivity index (χ4n) is 3.01. The zero-order valence-electron chi connectivity index (χ0n) is 16.7. The van der Waals surface area contributed by atoms with E-state index in [0.717, 1.165) is 11.4 Å². The van der Waals surface area contributed by atoms with Crippen molar-refractivity contribution in [2.75, 3.05) is 13.2 Å². The molecule has 0 saturated heterocycles. The standard InChI is InChI=1S/C22H24ClN3O3/c1-4-28-18-11-8-16(14-19(18)29-5-2)22(27)25-20(21-24-12-13-26(21)3)15-6-9-17(23)10-7-15/h6-14,20H,4-5H2,1-3H3,(H,25,27). The fourth-order valence-corrected chi connectivity index (χ4v) is 3.14. The van der Waals surface area contributed by atoms with Crippen molar-refractivity contribution in [1.82, 2.24) is 14.9 Å². The molecule has 1 unspecified atom stereocenters. The number of ether oxygens (including phenoxy) is 2. The molecular weight excluding hydrogens is 390 g/mol. The Hall–Kier alpha value is -2.99. The maximum atomic E-state index is 13.1. The maximum Gasteiger partial charge on any atom is 0.252 e. The minimum atomic E-state index is -0.429. The molecule has 0 aliphatic rings. The number of amides is 1. The number of hydrogen-bond donors (Lipinski definition) is 1. The first-order valence-electron chi connectivity index (χ1n) is 9.46. The van der Waals surface area contributed by atoms with Crippen LogP contribution in [0.4, 0.5) is 0 Å². The first kappa shape index (κ1) is 20.7. The second-order valence-corrected chi connectivity index (χ2v) is 6.82. The van der Waals surface area contributed by atoms with E-state index in [2.05, 4.69) is 10.3 Å². The van der Waals surface area contributed by atoms with E-state index in [1.807, 2.05) is 43.8 Å². The van der Waals surface area contributed by atoms with Crippen molar-refractivity contribution >= 4 is 17.5 Å². The Morgan fingerprint density at radius 3 is 2.41 bits per heavy atom. The Bertz CT molecular complexity index is 970. The summed E-state index contributed by atoms with van der Waals surface area (Å²) in [7, 11) is 1.89. The normalized spacial score (nSPS) is 11.7. The lowest BCUT2D eigenvalue weighted by molar-refractivity contribution is 0.0940. The van der Waals surface area contributed by atoms with Crippen LogP contribution in [0.5, 0.6) is 11.5 Å². The number of carbonyl (C=O) groups is 1. The second kappa shape index (κ2) is 9.47. The van der Waals surface area contributed by atoms with Crippen LogP contribution in [0.2, 0.25) is 5.02 Å². The quantitative estimate of drug-likeness (QED) is 0.594. The largest absolute Gasteiger partial charge is 0.490 e. The molecule has 1 aromatic heterocycles. The van der Waals surface area contributed by atoms with E-state index in [1.165, 1.54) is 0 Å². The summed E-state index contributed by atoms with van der Waals surface area (Å²) in [4.78, 5) is 17.5. The van der Waals surface area contributed by atoms with Crippen LogP contribution in [-0.4, -0.2) is 28.7 Å². The Morgan fingerprint density at radius 2 is 1.79 bits per heavy atom. The molecule has 0 aliphatic carbocycles. The highest BCUT2D eigenvalue weighted by atomic mass is 35.5. The molecule has 0 radical (unpaired) electrons. The number of aromatic nitrogens is 2. The number of aryl methyl sites for hydroxylation is 1. The lowest BCUT2D eigenvalue weighted by atomic mass is 10.1. The number of imidazole rings is 1. The van der Waals surface area contributed by atoms with Gasteiger partial charge < -0.3 is 19.4 Å². The van der Waals surface area contributed by atoms with Gasteiger partial charge in [0.2, 0.25) is 0 Å². The molecule has 1 atom stereocenters. The summed E-state index contributed by atoms with van der Waals surface area (Å²) in [6.07, 6.45) is 3.54. The summed E-state index contributed by atoms with van der Waals surface area (Å²) < 4.78 is 13.1. The third-order valence-corrected chi connectivity index (χ3v) is 4.65. The summed E-state index contributed by atoms with van der Waals surface area (Å²) in [6, 6.07) is 12.1. The van der Waals surface area contributed by atoms with Crippen molar-refractivity contribution < 1.29 is 14.3 Å². The van der Waals surface area contributed by atoms with E-state index >= 15 is 0 Å². The van der Waals surface area contributed by atoms with Gasteiger partial charge in [-0.3, -0.25) is 4.79 Å². The minimum Gasteiger partial charge on any atom is -0.490 e. The highest BCUT2D eigenvalue weighted by molar-refractivity contribution is 6.30. The van der Waals surface area contributed by atoms with Gasteiger partial charge in [0, 0.05) is 30.0 Å². The number of nitrogens with one attached hydrogen (secondary N) is 1. The van der Waals surface area contributed by atoms with Gasteiger partial charge in [0.1, 0.15) is 11.9 Å². The third-order valence-electron chi connectivity index (χ3n) is 4.40. The van der Waals surface area contributed by atoms with Crippen LogP contribution < -0.4 is 14.8 Å². The van der Waals surface area contributed by atoms with Crippen molar-refractivity contribution in [2.45, 2.75) is 19.9 Å². The molecule has 0 spiro atoms. The monoisotopic (exact) mass is 413 g/mol. The number of benzene rings is 2. The lowest BCUT2D eigenvalue weighted by Gasteiger charge is -2.20. The van der Waals surface area contributed by atoms with Gasteiger partial charge in [-0.05, 0) is 49.7 Å². The van der Waals surface area contributed by atoms with Crippen molar-refractivity contribution in [2.24, 2.45) is 7.05 Å². The van der Waals surface area contributed by atoms with Crippen LogP contribution in [0.15, 0.2) is 54.9 Å². The molecule has 152 valence electrons. The maximum absolute atomic E-state index is 13.1. The number of rotatable bonds is 8. The zero-order chi connectivity index (χ0) is 20.8. The van der Waals surface area contributed by atoms with Gasteiger partial charge in [-0.1, -0.05) is 23.7 Å². The van der Waals surface area contributed by atoms with Gasteiger partial charge in [-0.15, -0.1) is 0 Å². The van der Waals surface area contributed by atoms with Gasteiger partial charge in [0.05, 0.1) is 13.2 Å². The Morgan fingerprint density at radius 1 is 1.10 bits per heavy atom. The molecular formula is C22H24ClN3O3. The number of hydrogen-bond acceptors (Lipinski definition) is 4. The van der Waals surface area contributed by atoms with Crippen molar-refractivity contribution in [3.05, 3.63) is 76.8 Å². The fraction of sp³-hybridized carbons (Fsp3) is 0.273. The SMILES string of the molecule is CCOc1ccc(C(=O)NC(c2ccc(Cl)cc2)c2nccn2C)cc1OCC. The third kappa shape index (κ3) is 4.90. The Labute approximate surface area is 175 Å². The molecule has 1 amide bonds. The molecule has 3 aromatic rings. The van der Waals surface area contributed by atoms with Crippen LogP contribution in [0, 0.1) is 0 Å². The van der Waals surface area contributed by atoms with Crippen LogP contribution in [0.1, 0.15) is 41.6 Å². The van der Waals surface area contributed by atoms with Crippen LogP contribution >= 0.6 is 11.6 Å². The van der Waals surface area contributed by atoms with E-state index in [0.29, 0.717) is 35.3 Å². The highest BCUT2D eigenvalue weighted by Gasteiger charge is 2.22. The first-order valence-corrected chi connectivity index (χ1v) is 9.84. The molecule has 2 aromatic carbocycles. The Balaban J connectivity index is 1.91. The molecule has 1 N–H and O–H groups in total. The minimum absolute atomic E-state index is 0.239. The summed E-state index contributed by atoms with van der Waals surface area (Å²) in [5.74, 6) is 1.64. The molecule has 6 nitrogen and oxygen atoms in total. The van der Waals surface area contributed by atoms with Crippen LogP contribution in [-0.2, 0) is 7.05 Å². The van der Waals surface area contributed by atoms with Gasteiger partial charge in [-0.2, -0.15) is 0 Å². The summed E-state index contributed by atoms with van der Waals surface area (Å²) in [6.45, 7) is 4.79. The van der Waals surface area contributed by atoms with Gasteiger partial charge in [0.15, 0.2) is 11.5 Å². The van der Waals surface area contributed by atoms with E-state index < -0.39 is 6.04 Å². The van der Waals surface area contributed by atoms with Crippen LogP contribution in [0.3, 0.4) is 0 Å². The molecule has 3 rings (SSSR count). The first-order chi connectivity index (χ1) is 14.0. The molecule has 7 heteroatoms. The van der Waals surface area contributed by atoms with Crippen molar-refractivity contribution in [3.63, 3.8) is 0 Å². The van der Waals surface area contributed by atoms with Gasteiger partial charge >= 0.3 is 0 Å². The number of nitrogens with zero attached hydrogens (tertiary/aromatic N) is 2. The Kier molecular flexibility index (Phi) is 6.77. The lowest BCUT2D eigenvalue weighted by Crippen LogP contribution is -2.31. The average molecular weight is 414 g/mol. The molecule has 0 fully saturated rings. The van der Waals surface area contributed by atoms with Gasteiger partial charge in [-0.25, -0.2) is 4.98 Å². The predicted molar refractivity (Wildman–Crippen MR) is 113 cm³/mol. The van der Waals surface area contributed by atoms with Gasteiger partial charge in [0.25, 0.3) is 5.91 Å². The second-order valence-electron chi connectivity index (χ2n) is 6.38. The number of carbonyl (C=O) groups excluding carboxylic acids is 1. The molecule has 0 aliphatic heterocycles. The van der Waals surface area contributed by atoms with Crippen molar-refractivity contribution in [3.8, 4) is 11.5 Å². The highest BCUT2D eigenvalue weighted by Crippen LogP contribution is 2.29. The smallest absolute Gasteiger partial charge is 0.252 e. The van der Waals surface area contributed by atoms with E-state index in [1.54, 1.807) is 36.5 Å². The molecule has 0 bridgehead atoms. The molecule has 0 saturated carbocycles. The number of halogens is 1. The predicted octanol–water partition coefficient (Wildman–Crippen LogP) is 4.39. The molecule has 29 heavy (non-hydrogen) atoms. The molecule has 1 heterocycles. The topological polar surface area (TPSA) is 65.4 Å². The summed E-state index contributed by atoms with van der Waals surface area (Å²) in [5, 5.41) is 3.70. The van der Waals surface area contributed by atoms with E-state index in [9.17, 15) is 4.79 Å². The van der Waals surface area contributed by atoms with E-state index in [-0.39, 0.29) is 5.91 Å².